The largest absolute Gasteiger partial charge is 0.344 e. The van der Waals surface area contributed by atoms with E-state index < -0.39 is 6.04 Å². The van der Waals surface area contributed by atoms with Gasteiger partial charge in [-0.2, -0.15) is 0 Å². The van der Waals surface area contributed by atoms with Gasteiger partial charge in [-0.05, 0) is 19.8 Å². The third-order valence-electron chi connectivity index (χ3n) is 3.68. The Bertz CT molecular complexity index is 453. The van der Waals surface area contributed by atoms with Crippen molar-refractivity contribution < 1.29 is 23.9 Å². The number of carbonyl (C=O) groups is 3. The van der Waals surface area contributed by atoms with Gasteiger partial charge in [0.05, 0.1) is 6.04 Å². The van der Waals surface area contributed by atoms with Crippen LogP contribution >= 0.6 is 11.8 Å². The van der Waals surface area contributed by atoms with Crippen molar-refractivity contribution in [2.45, 2.75) is 58.3 Å². The quantitative estimate of drug-likeness (QED) is 0.789. The molecule has 2 saturated heterocycles. The van der Waals surface area contributed by atoms with Crippen LogP contribution in [0, 0.1) is 0 Å². The molecule has 8 heteroatoms. The first-order chi connectivity index (χ1) is 10.4. The van der Waals surface area contributed by atoms with Crippen LogP contribution in [0.25, 0.3) is 0 Å². The van der Waals surface area contributed by atoms with Crippen molar-refractivity contribution in [2.75, 3.05) is 12.3 Å². The van der Waals surface area contributed by atoms with Crippen molar-refractivity contribution in [3.63, 3.8) is 0 Å². The number of thioether (sulfide) groups is 1. The summed E-state index contributed by atoms with van der Waals surface area (Å²) in [7, 11) is 0. The summed E-state index contributed by atoms with van der Waals surface area (Å²) in [5.41, 5.74) is 0. The van der Waals surface area contributed by atoms with Crippen LogP contribution in [0.4, 0.5) is 0 Å². The Labute approximate surface area is 134 Å². The average molecular weight is 330 g/mol. The summed E-state index contributed by atoms with van der Waals surface area (Å²) in [6, 6.07) is -0.827. The molecule has 2 aliphatic heterocycles. The van der Waals surface area contributed by atoms with E-state index in [0.717, 1.165) is 24.6 Å². The maximum absolute atomic E-state index is 12.7. The fourth-order valence-electron chi connectivity index (χ4n) is 2.74. The third kappa shape index (κ3) is 4.21. The van der Waals surface area contributed by atoms with Gasteiger partial charge in [0.2, 0.25) is 11.8 Å². The van der Waals surface area contributed by atoms with E-state index >= 15 is 0 Å². The molecule has 2 aliphatic rings. The first-order valence-electron chi connectivity index (χ1n) is 7.40. The van der Waals surface area contributed by atoms with Gasteiger partial charge in [-0.3, -0.25) is 14.4 Å². The number of hydrogen-bond donors (Lipinski definition) is 1. The van der Waals surface area contributed by atoms with E-state index in [-0.39, 0.29) is 41.3 Å². The van der Waals surface area contributed by atoms with Gasteiger partial charge in [-0.1, -0.05) is 11.8 Å². The predicted molar refractivity (Wildman–Crippen MR) is 80.9 cm³/mol. The highest BCUT2D eigenvalue weighted by Crippen LogP contribution is 2.30. The van der Waals surface area contributed by atoms with Gasteiger partial charge in [-0.15, -0.1) is 0 Å². The van der Waals surface area contributed by atoms with Crippen LogP contribution in [0.5, 0.6) is 0 Å². The average Bonchev–Trinajstić information content (AvgIpc) is 2.87. The third-order valence-corrected chi connectivity index (χ3v) is 4.58. The Kier molecular flexibility index (Phi) is 5.82. The van der Waals surface area contributed by atoms with Crippen LogP contribution in [0.1, 0.15) is 33.6 Å². The maximum Gasteiger partial charge on any atom is 0.246 e. The number of ether oxygens (including phenoxy) is 2. The molecule has 124 valence electrons. The zero-order valence-corrected chi connectivity index (χ0v) is 13.9. The summed E-state index contributed by atoms with van der Waals surface area (Å²) < 4.78 is 11.0. The minimum Gasteiger partial charge on any atom is -0.344 e. The van der Waals surface area contributed by atoms with Gasteiger partial charge in [0.1, 0.15) is 6.04 Å². The first-order valence-corrected chi connectivity index (χ1v) is 8.39. The van der Waals surface area contributed by atoms with Gasteiger partial charge >= 0.3 is 0 Å². The molecule has 2 heterocycles. The van der Waals surface area contributed by atoms with Crippen molar-refractivity contribution in [1.29, 1.82) is 0 Å². The molecular weight excluding hydrogens is 308 g/mol. The number of nitrogens with one attached hydrogen (secondary N) is 1. The van der Waals surface area contributed by atoms with Crippen molar-refractivity contribution in [2.24, 2.45) is 0 Å². The van der Waals surface area contributed by atoms with Crippen LogP contribution in [0.15, 0.2) is 0 Å². The van der Waals surface area contributed by atoms with Crippen LogP contribution < -0.4 is 5.32 Å². The SMILES string of the molecule is CC(=O)N[C@@H](CSC(C)=O)C(=O)N1CCC[C@H]1C1OC(C)O1. The number of likely N-dealkylation sites (tertiary alicyclic amines) is 1. The highest BCUT2D eigenvalue weighted by Gasteiger charge is 2.43. The molecule has 0 aliphatic carbocycles. The van der Waals surface area contributed by atoms with Gasteiger partial charge in [0.15, 0.2) is 17.7 Å². The molecule has 1 N–H and O–H groups in total. The fourth-order valence-corrected chi connectivity index (χ4v) is 3.37. The summed E-state index contributed by atoms with van der Waals surface area (Å²) in [5.74, 6) is -0.235. The maximum atomic E-state index is 12.7. The molecule has 0 saturated carbocycles. The smallest absolute Gasteiger partial charge is 0.246 e. The van der Waals surface area contributed by atoms with E-state index in [2.05, 4.69) is 5.32 Å². The van der Waals surface area contributed by atoms with Gasteiger partial charge in [0.25, 0.3) is 0 Å². The predicted octanol–water partition coefficient (Wildman–Crippen LogP) is 0.481. The van der Waals surface area contributed by atoms with Gasteiger partial charge < -0.3 is 19.7 Å². The Morgan fingerprint density at radius 2 is 2.00 bits per heavy atom. The fraction of sp³-hybridized carbons (Fsp3) is 0.786. The Hall–Kier alpha value is -1.12. The van der Waals surface area contributed by atoms with Crippen LogP contribution in [-0.4, -0.2) is 58.8 Å². The molecule has 0 unspecified atom stereocenters. The number of nitrogens with zero attached hydrogens (tertiary/aromatic N) is 1. The molecule has 2 amide bonds. The first kappa shape index (κ1) is 17.2. The van der Waals surface area contributed by atoms with Crippen molar-refractivity contribution in [1.82, 2.24) is 10.2 Å². The molecule has 0 aromatic rings. The van der Waals surface area contributed by atoms with E-state index in [1.807, 2.05) is 0 Å². The second-order valence-corrected chi connectivity index (χ2v) is 6.70. The number of rotatable bonds is 5. The summed E-state index contributed by atoms with van der Waals surface area (Å²) in [6.45, 7) is 5.22. The van der Waals surface area contributed by atoms with Gasteiger partial charge in [-0.25, -0.2) is 0 Å². The van der Waals surface area contributed by atoms with Crippen molar-refractivity contribution >= 4 is 28.7 Å². The second kappa shape index (κ2) is 7.43. The Morgan fingerprint density at radius 3 is 2.55 bits per heavy atom. The zero-order chi connectivity index (χ0) is 16.3. The number of carbonyl (C=O) groups excluding carboxylic acids is 3. The number of hydrogen-bond acceptors (Lipinski definition) is 6. The van der Waals surface area contributed by atoms with E-state index in [1.165, 1.54) is 13.8 Å². The van der Waals surface area contributed by atoms with E-state index in [4.69, 9.17) is 9.47 Å². The zero-order valence-electron chi connectivity index (χ0n) is 13.0. The highest BCUT2D eigenvalue weighted by atomic mass is 32.2. The molecule has 0 aromatic heterocycles. The molecular formula is C14H22N2O5S. The minimum atomic E-state index is -0.704. The lowest BCUT2D eigenvalue weighted by molar-refractivity contribution is -0.388. The Balaban J connectivity index is 2.00. The topological polar surface area (TPSA) is 84.9 Å². The molecule has 22 heavy (non-hydrogen) atoms. The van der Waals surface area contributed by atoms with Crippen molar-refractivity contribution in [3.05, 3.63) is 0 Å². The number of amides is 2. The molecule has 0 radical (unpaired) electrons. The lowest BCUT2D eigenvalue weighted by Crippen LogP contribution is -2.57. The molecule has 2 atom stereocenters. The van der Waals surface area contributed by atoms with E-state index in [0.29, 0.717) is 6.54 Å². The van der Waals surface area contributed by atoms with Crippen LogP contribution in [0.2, 0.25) is 0 Å². The normalized spacial score (nSPS) is 28.9. The lowest BCUT2D eigenvalue weighted by Gasteiger charge is -2.41. The summed E-state index contributed by atoms with van der Waals surface area (Å²) in [5, 5.41) is 2.55. The summed E-state index contributed by atoms with van der Waals surface area (Å²) in [4.78, 5) is 36.9. The molecule has 2 rings (SSSR count). The molecule has 0 aromatic carbocycles. The minimum absolute atomic E-state index is 0.0828. The van der Waals surface area contributed by atoms with E-state index in [1.54, 1.807) is 11.8 Å². The molecule has 0 spiro atoms. The van der Waals surface area contributed by atoms with Crippen LogP contribution in [0.3, 0.4) is 0 Å². The van der Waals surface area contributed by atoms with E-state index in [9.17, 15) is 14.4 Å². The van der Waals surface area contributed by atoms with Gasteiger partial charge in [0, 0.05) is 26.1 Å². The van der Waals surface area contributed by atoms with Crippen LogP contribution in [-0.2, 0) is 23.9 Å². The molecule has 0 bridgehead atoms. The van der Waals surface area contributed by atoms with Crippen molar-refractivity contribution in [3.8, 4) is 0 Å². The lowest BCUT2D eigenvalue weighted by atomic mass is 10.2. The summed E-state index contributed by atoms with van der Waals surface area (Å²) in [6.07, 6.45) is 1.07. The second-order valence-electron chi connectivity index (χ2n) is 5.51. The molecule has 7 nitrogen and oxygen atoms in total. The highest BCUT2D eigenvalue weighted by molar-refractivity contribution is 8.13. The monoisotopic (exact) mass is 330 g/mol. The molecule has 2 fully saturated rings. The summed E-state index contributed by atoms with van der Waals surface area (Å²) >= 11 is 1.03. The standard InChI is InChI=1S/C14H22N2O5S/c1-8(17)15-11(7-22-9(2)18)13(19)16-6-4-5-12(16)14-20-10(3)21-14/h10-12,14H,4-7H2,1-3H3,(H,15,17)/t10?,11-,12-,14?/m0/s1. The Morgan fingerprint density at radius 1 is 1.32 bits per heavy atom.